The van der Waals surface area contributed by atoms with Crippen molar-refractivity contribution in [1.29, 1.82) is 0 Å². The molecule has 7 heteroatoms. The molecule has 2 aromatic carbocycles. The molecule has 4 rings (SSSR count). The van der Waals surface area contributed by atoms with Crippen LogP contribution in [0.25, 0.3) is 28.0 Å². The molecule has 0 bridgehead atoms. The van der Waals surface area contributed by atoms with Gasteiger partial charge in [0.05, 0.1) is 51.5 Å². The van der Waals surface area contributed by atoms with Crippen molar-refractivity contribution in [3.05, 3.63) is 55.0 Å². The summed E-state index contributed by atoms with van der Waals surface area (Å²) >= 11 is 0. The van der Waals surface area contributed by atoms with E-state index in [2.05, 4.69) is 9.97 Å². The zero-order valence-electron chi connectivity index (χ0n) is 16.7. The summed E-state index contributed by atoms with van der Waals surface area (Å²) in [5, 5.41) is 0. The second-order valence-corrected chi connectivity index (χ2v) is 6.28. The number of hydrogen-bond donors (Lipinski definition) is 0. The largest absolute Gasteiger partial charge is 0.497 e. The van der Waals surface area contributed by atoms with Gasteiger partial charge in [0.1, 0.15) is 17.6 Å². The molecule has 0 saturated heterocycles. The van der Waals surface area contributed by atoms with Gasteiger partial charge in [-0.3, -0.25) is 9.55 Å². The van der Waals surface area contributed by atoms with Crippen molar-refractivity contribution < 1.29 is 18.9 Å². The van der Waals surface area contributed by atoms with E-state index in [-0.39, 0.29) is 0 Å². The highest BCUT2D eigenvalue weighted by molar-refractivity contribution is 5.81. The van der Waals surface area contributed by atoms with Gasteiger partial charge in [-0.2, -0.15) is 0 Å². The summed E-state index contributed by atoms with van der Waals surface area (Å²) in [5.74, 6) is 2.50. The molecule has 29 heavy (non-hydrogen) atoms. The Labute approximate surface area is 168 Å². The van der Waals surface area contributed by atoms with Crippen LogP contribution in [0, 0.1) is 0 Å². The number of imidazole rings is 1. The van der Waals surface area contributed by atoms with Crippen molar-refractivity contribution in [3.63, 3.8) is 0 Å². The maximum Gasteiger partial charge on any atom is 0.203 e. The van der Waals surface area contributed by atoms with E-state index in [9.17, 15) is 0 Å². The Morgan fingerprint density at radius 1 is 0.759 bits per heavy atom. The van der Waals surface area contributed by atoms with Crippen LogP contribution in [0.2, 0.25) is 0 Å². The molecular weight excluding hydrogens is 370 g/mol. The second kappa shape index (κ2) is 7.71. The lowest BCUT2D eigenvalue weighted by molar-refractivity contribution is 0.324. The van der Waals surface area contributed by atoms with Gasteiger partial charge in [-0.15, -0.1) is 0 Å². The Morgan fingerprint density at radius 2 is 1.45 bits per heavy atom. The zero-order chi connectivity index (χ0) is 20.4. The monoisotopic (exact) mass is 391 g/mol. The quantitative estimate of drug-likeness (QED) is 0.492. The number of pyridine rings is 1. The van der Waals surface area contributed by atoms with Crippen LogP contribution < -0.4 is 18.9 Å². The first-order valence-corrected chi connectivity index (χ1v) is 8.96. The van der Waals surface area contributed by atoms with Gasteiger partial charge in [-0.25, -0.2) is 4.98 Å². The molecule has 148 valence electrons. The number of ether oxygens (including phenoxy) is 4. The molecule has 4 aromatic rings. The summed E-state index contributed by atoms with van der Waals surface area (Å²) in [6, 6.07) is 13.6. The third-order valence-corrected chi connectivity index (χ3v) is 4.75. The summed E-state index contributed by atoms with van der Waals surface area (Å²) in [6.45, 7) is 0. The van der Waals surface area contributed by atoms with Gasteiger partial charge in [-0.05, 0) is 30.3 Å². The molecule has 0 N–H and O–H groups in total. The van der Waals surface area contributed by atoms with Crippen molar-refractivity contribution in [2.45, 2.75) is 0 Å². The highest BCUT2D eigenvalue weighted by Gasteiger charge is 2.16. The third-order valence-electron chi connectivity index (χ3n) is 4.75. The van der Waals surface area contributed by atoms with Crippen molar-refractivity contribution in [1.82, 2.24) is 14.5 Å². The molecule has 0 atom stereocenters. The van der Waals surface area contributed by atoms with Crippen LogP contribution in [-0.4, -0.2) is 43.0 Å². The van der Waals surface area contributed by atoms with Crippen molar-refractivity contribution >= 4 is 11.0 Å². The summed E-state index contributed by atoms with van der Waals surface area (Å²) in [7, 11) is 6.42. The first kappa shape index (κ1) is 18.6. The number of benzene rings is 2. The van der Waals surface area contributed by atoms with Crippen LogP contribution in [0.1, 0.15) is 0 Å². The standard InChI is InChI=1S/C22H21N3O4/c1-26-16-7-5-14(6-8-16)17-11-19-18(12-23-17)24-13-25(19)15-9-20(27-2)22(29-4)21(10-15)28-3/h5-13H,1-4H3. The Hall–Kier alpha value is -3.74. The molecule has 0 fully saturated rings. The van der Waals surface area contributed by atoms with E-state index < -0.39 is 0 Å². The van der Waals surface area contributed by atoms with E-state index in [4.69, 9.17) is 18.9 Å². The molecule has 0 aliphatic heterocycles. The number of hydrogen-bond acceptors (Lipinski definition) is 6. The summed E-state index contributed by atoms with van der Waals surface area (Å²) in [6.07, 6.45) is 3.52. The van der Waals surface area contributed by atoms with Crippen LogP contribution >= 0.6 is 0 Å². The van der Waals surface area contributed by atoms with Crippen LogP contribution in [0.5, 0.6) is 23.0 Å². The minimum atomic E-state index is 0.545. The lowest BCUT2D eigenvalue weighted by Crippen LogP contribution is -1.99. The first-order chi connectivity index (χ1) is 14.2. The van der Waals surface area contributed by atoms with Crippen LogP contribution in [0.3, 0.4) is 0 Å². The minimum Gasteiger partial charge on any atom is -0.497 e. The molecule has 0 saturated carbocycles. The highest BCUT2D eigenvalue weighted by Crippen LogP contribution is 2.40. The number of methoxy groups -OCH3 is 4. The van der Waals surface area contributed by atoms with Crippen LogP contribution in [0.15, 0.2) is 55.0 Å². The van der Waals surface area contributed by atoms with Gasteiger partial charge in [0, 0.05) is 17.7 Å². The Balaban J connectivity index is 1.84. The summed E-state index contributed by atoms with van der Waals surface area (Å²) < 4.78 is 23.6. The minimum absolute atomic E-state index is 0.545. The Morgan fingerprint density at radius 3 is 2.03 bits per heavy atom. The van der Waals surface area contributed by atoms with E-state index in [0.29, 0.717) is 17.2 Å². The van der Waals surface area contributed by atoms with Crippen molar-refractivity contribution in [3.8, 4) is 39.9 Å². The average molecular weight is 391 g/mol. The van der Waals surface area contributed by atoms with Gasteiger partial charge in [0.25, 0.3) is 0 Å². The lowest BCUT2D eigenvalue weighted by atomic mass is 10.1. The molecule has 0 aliphatic carbocycles. The second-order valence-electron chi connectivity index (χ2n) is 6.28. The number of fused-ring (bicyclic) bond motifs is 1. The molecular formula is C22H21N3O4. The SMILES string of the molecule is COc1ccc(-c2cc3c(cn2)ncn3-c2cc(OC)c(OC)c(OC)c2)cc1. The maximum atomic E-state index is 5.48. The van der Waals surface area contributed by atoms with E-state index in [0.717, 1.165) is 33.7 Å². The molecule has 0 unspecified atom stereocenters. The predicted molar refractivity (Wildman–Crippen MR) is 111 cm³/mol. The topological polar surface area (TPSA) is 67.6 Å². The number of nitrogens with zero attached hydrogens (tertiary/aromatic N) is 3. The first-order valence-electron chi connectivity index (χ1n) is 8.96. The molecule has 2 aromatic heterocycles. The molecule has 2 heterocycles. The van der Waals surface area contributed by atoms with E-state index in [1.165, 1.54) is 0 Å². The van der Waals surface area contributed by atoms with Gasteiger partial charge in [0.15, 0.2) is 11.5 Å². The van der Waals surface area contributed by atoms with E-state index >= 15 is 0 Å². The van der Waals surface area contributed by atoms with Crippen LogP contribution in [0.4, 0.5) is 0 Å². The maximum absolute atomic E-state index is 5.48. The third kappa shape index (κ3) is 3.31. The number of rotatable bonds is 6. The highest BCUT2D eigenvalue weighted by atomic mass is 16.5. The van der Waals surface area contributed by atoms with Crippen molar-refractivity contribution in [2.24, 2.45) is 0 Å². The van der Waals surface area contributed by atoms with Gasteiger partial charge >= 0.3 is 0 Å². The Bertz CT molecular complexity index is 1130. The average Bonchev–Trinajstić information content (AvgIpc) is 3.21. The molecule has 0 radical (unpaired) electrons. The smallest absolute Gasteiger partial charge is 0.203 e. The fourth-order valence-corrected chi connectivity index (χ4v) is 3.24. The Kier molecular flexibility index (Phi) is 4.95. The molecule has 0 amide bonds. The van der Waals surface area contributed by atoms with Crippen LogP contribution in [-0.2, 0) is 0 Å². The van der Waals surface area contributed by atoms with Gasteiger partial charge < -0.3 is 18.9 Å². The van der Waals surface area contributed by atoms with Gasteiger partial charge in [0.2, 0.25) is 5.75 Å². The zero-order valence-corrected chi connectivity index (χ0v) is 16.7. The lowest BCUT2D eigenvalue weighted by Gasteiger charge is -2.15. The summed E-state index contributed by atoms with van der Waals surface area (Å²) in [5.41, 5.74) is 4.38. The van der Waals surface area contributed by atoms with Crippen molar-refractivity contribution in [2.75, 3.05) is 28.4 Å². The van der Waals surface area contributed by atoms with E-state index in [1.54, 1.807) is 41.0 Å². The normalized spacial score (nSPS) is 10.8. The fourth-order valence-electron chi connectivity index (χ4n) is 3.24. The molecule has 0 aliphatic rings. The fraction of sp³-hybridized carbons (Fsp3) is 0.182. The number of aromatic nitrogens is 3. The van der Waals surface area contributed by atoms with Gasteiger partial charge in [-0.1, -0.05) is 0 Å². The molecule has 0 spiro atoms. The summed E-state index contributed by atoms with van der Waals surface area (Å²) in [4.78, 5) is 9.03. The van der Waals surface area contributed by atoms with E-state index in [1.807, 2.05) is 47.0 Å². The predicted octanol–water partition coefficient (Wildman–Crippen LogP) is 4.12. The molecule has 7 nitrogen and oxygen atoms in total.